The van der Waals surface area contributed by atoms with E-state index in [0.717, 1.165) is 33.0 Å². The molecule has 0 spiro atoms. The van der Waals surface area contributed by atoms with Gasteiger partial charge in [-0.1, -0.05) is 78.9 Å². The molecule has 6 aromatic carbocycles. The lowest BCUT2D eigenvalue weighted by Crippen LogP contribution is -2.41. The van der Waals surface area contributed by atoms with Gasteiger partial charge in [-0.05, 0) is 101 Å². The third-order valence-electron chi connectivity index (χ3n) is 9.10. The maximum absolute atomic E-state index is 6.33. The van der Waals surface area contributed by atoms with E-state index in [4.69, 9.17) is 13.7 Å². The third-order valence-corrected chi connectivity index (χ3v) is 9.10. The van der Waals surface area contributed by atoms with Gasteiger partial charge in [-0.25, -0.2) is 0 Å². The Morgan fingerprint density at radius 2 is 0.900 bits per heavy atom. The molecule has 194 valence electrons. The van der Waals surface area contributed by atoms with Crippen molar-refractivity contribution in [3.8, 4) is 11.1 Å². The lowest BCUT2D eigenvalue weighted by molar-refractivity contribution is 0.00578. The highest BCUT2D eigenvalue weighted by Gasteiger charge is 2.51. The molecule has 1 aliphatic heterocycles. The molecule has 0 bridgehead atoms. The Hall–Kier alpha value is -4.12. The van der Waals surface area contributed by atoms with E-state index in [1.165, 1.54) is 37.9 Å². The molecule has 8 rings (SSSR count). The first-order valence-electron chi connectivity index (χ1n) is 13.9. The summed E-state index contributed by atoms with van der Waals surface area (Å²) >= 11 is 0. The van der Waals surface area contributed by atoms with Crippen molar-refractivity contribution in [3.05, 3.63) is 103 Å². The van der Waals surface area contributed by atoms with Crippen LogP contribution in [0, 0.1) is 0 Å². The summed E-state index contributed by atoms with van der Waals surface area (Å²) in [7, 11) is -0.411. The van der Waals surface area contributed by atoms with Crippen LogP contribution < -0.4 is 5.46 Å². The molecule has 3 nitrogen and oxygen atoms in total. The van der Waals surface area contributed by atoms with E-state index >= 15 is 0 Å². The summed E-state index contributed by atoms with van der Waals surface area (Å²) in [5.74, 6) is 0. The van der Waals surface area contributed by atoms with E-state index in [2.05, 4.69) is 119 Å². The maximum Gasteiger partial charge on any atom is 0.494 e. The summed E-state index contributed by atoms with van der Waals surface area (Å²) in [4.78, 5) is 0. The second-order valence-electron chi connectivity index (χ2n) is 12.0. The summed E-state index contributed by atoms with van der Waals surface area (Å²) in [5, 5.41) is 9.86. The molecule has 0 unspecified atom stereocenters. The Morgan fingerprint density at radius 1 is 0.450 bits per heavy atom. The second kappa shape index (κ2) is 8.20. The first kappa shape index (κ1) is 23.7. The van der Waals surface area contributed by atoms with E-state index in [9.17, 15) is 0 Å². The SMILES string of the molecule is CC1(C)OB(c2ccc3oc4ccc(-c5ccc6c7ccccc7c7ccccc7c6c5)cc4c3c2)OC1(C)C. The first-order chi connectivity index (χ1) is 19.3. The van der Waals surface area contributed by atoms with Crippen LogP contribution >= 0.6 is 0 Å². The van der Waals surface area contributed by atoms with Crippen LogP contribution in [0.3, 0.4) is 0 Å². The normalized spacial score (nSPS) is 16.6. The maximum atomic E-state index is 6.33. The van der Waals surface area contributed by atoms with Crippen LogP contribution in [0.25, 0.3) is 65.4 Å². The van der Waals surface area contributed by atoms with Crippen LogP contribution in [0.15, 0.2) is 108 Å². The summed E-state index contributed by atoms with van der Waals surface area (Å²) in [6.45, 7) is 8.34. The molecule has 0 radical (unpaired) electrons. The molecule has 0 N–H and O–H groups in total. The van der Waals surface area contributed by atoms with Gasteiger partial charge in [-0.2, -0.15) is 0 Å². The topological polar surface area (TPSA) is 31.6 Å². The smallest absolute Gasteiger partial charge is 0.456 e. The highest BCUT2D eigenvalue weighted by Crippen LogP contribution is 2.39. The molecule has 1 aliphatic rings. The van der Waals surface area contributed by atoms with Crippen LogP contribution in [0.4, 0.5) is 0 Å². The van der Waals surface area contributed by atoms with Crippen molar-refractivity contribution >= 4 is 66.8 Å². The molecule has 0 saturated carbocycles. The van der Waals surface area contributed by atoms with Gasteiger partial charge >= 0.3 is 7.12 Å². The summed E-state index contributed by atoms with van der Waals surface area (Å²) < 4.78 is 18.9. The minimum absolute atomic E-state index is 0.385. The van der Waals surface area contributed by atoms with Gasteiger partial charge in [0.25, 0.3) is 0 Å². The predicted octanol–water partition coefficient (Wildman–Crippen LogP) is 9.01. The molecular weight excluding hydrogens is 491 g/mol. The van der Waals surface area contributed by atoms with E-state index in [1.807, 2.05) is 12.1 Å². The number of rotatable bonds is 2. The van der Waals surface area contributed by atoms with E-state index in [-0.39, 0.29) is 11.2 Å². The third kappa shape index (κ3) is 3.40. The first-order valence-corrected chi connectivity index (χ1v) is 13.9. The molecule has 2 heterocycles. The van der Waals surface area contributed by atoms with Crippen LogP contribution in [0.1, 0.15) is 27.7 Å². The Balaban J connectivity index is 1.29. The van der Waals surface area contributed by atoms with Crippen molar-refractivity contribution in [2.45, 2.75) is 38.9 Å². The summed E-state index contributed by atoms with van der Waals surface area (Å²) in [5.41, 5.74) is 4.32. The molecule has 40 heavy (non-hydrogen) atoms. The zero-order valence-electron chi connectivity index (χ0n) is 23.1. The highest BCUT2D eigenvalue weighted by molar-refractivity contribution is 6.62. The van der Waals surface area contributed by atoms with E-state index in [0.29, 0.717) is 0 Å². The van der Waals surface area contributed by atoms with Gasteiger partial charge in [0.1, 0.15) is 11.2 Å². The largest absolute Gasteiger partial charge is 0.494 e. The van der Waals surface area contributed by atoms with Crippen molar-refractivity contribution in [1.82, 2.24) is 0 Å². The average molecular weight is 520 g/mol. The molecule has 0 amide bonds. The van der Waals surface area contributed by atoms with Gasteiger partial charge < -0.3 is 13.7 Å². The average Bonchev–Trinajstić information content (AvgIpc) is 3.44. The zero-order chi connectivity index (χ0) is 27.2. The Labute approximate surface area is 233 Å². The molecule has 0 aliphatic carbocycles. The number of hydrogen-bond donors (Lipinski definition) is 0. The van der Waals surface area contributed by atoms with Crippen molar-refractivity contribution in [3.63, 3.8) is 0 Å². The number of furan rings is 1. The molecular formula is C36H29BO3. The monoisotopic (exact) mass is 520 g/mol. The van der Waals surface area contributed by atoms with Gasteiger partial charge in [-0.3, -0.25) is 0 Å². The number of benzene rings is 6. The standard InChI is InChI=1S/C36H29BO3/c1-35(2)36(3,4)40-37(39-35)24-15-18-34-32(21-24)31-20-23(14-17-33(31)38-34)22-13-16-29-27-11-6-5-9-25(27)26-10-7-8-12-28(26)30(29)19-22/h5-21H,1-4H3. The van der Waals surface area contributed by atoms with Crippen LogP contribution in [0.5, 0.6) is 0 Å². The number of fused-ring (bicyclic) bond motifs is 9. The number of hydrogen-bond acceptors (Lipinski definition) is 3. The molecule has 7 aromatic rings. The van der Waals surface area contributed by atoms with Gasteiger partial charge in [0.15, 0.2) is 0 Å². The summed E-state index contributed by atoms with van der Waals surface area (Å²) in [6, 6.07) is 37.0. The Bertz CT molecular complexity index is 2080. The van der Waals surface area contributed by atoms with Gasteiger partial charge in [0.05, 0.1) is 11.2 Å². The minimum atomic E-state index is -0.411. The Morgan fingerprint density at radius 3 is 1.50 bits per heavy atom. The fourth-order valence-corrected chi connectivity index (χ4v) is 6.19. The van der Waals surface area contributed by atoms with Crippen molar-refractivity contribution < 1.29 is 13.7 Å². The quantitative estimate of drug-likeness (QED) is 0.168. The van der Waals surface area contributed by atoms with Crippen LogP contribution in [-0.2, 0) is 9.31 Å². The van der Waals surface area contributed by atoms with Crippen LogP contribution in [0.2, 0.25) is 0 Å². The molecule has 4 heteroatoms. The fraction of sp³-hybridized carbons (Fsp3) is 0.167. The van der Waals surface area contributed by atoms with Crippen LogP contribution in [-0.4, -0.2) is 18.3 Å². The van der Waals surface area contributed by atoms with E-state index < -0.39 is 7.12 Å². The lowest BCUT2D eigenvalue weighted by Gasteiger charge is -2.32. The van der Waals surface area contributed by atoms with E-state index in [1.54, 1.807) is 0 Å². The molecule has 0 atom stereocenters. The second-order valence-corrected chi connectivity index (χ2v) is 12.0. The molecule has 1 aromatic heterocycles. The zero-order valence-corrected chi connectivity index (χ0v) is 23.1. The molecule has 1 fully saturated rings. The van der Waals surface area contributed by atoms with Gasteiger partial charge in [0.2, 0.25) is 0 Å². The minimum Gasteiger partial charge on any atom is -0.456 e. The van der Waals surface area contributed by atoms with Gasteiger partial charge in [0, 0.05) is 10.8 Å². The highest BCUT2D eigenvalue weighted by atomic mass is 16.7. The fourth-order valence-electron chi connectivity index (χ4n) is 6.19. The van der Waals surface area contributed by atoms with Crippen molar-refractivity contribution in [2.75, 3.05) is 0 Å². The summed E-state index contributed by atoms with van der Waals surface area (Å²) in [6.07, 6.45) is 0. The molecule has 1 saturated heterocycles. The Kier molecular flexibility index (Phi) is 4.87. The predicted molar refractivity (Wildman–Crippen MR) is 167 cm³/mol. The van der Waals surface area contributed by atoms with Crippen molar-refractivity contribution in [1.29, 1.82) is 0 Å². The van der Waals surface area contributed by atoms with Gasteiger partial charge in [-0.15, -0.1) is 0 Å². The lowest BCUT2D eigenvalue weighted by atomic mass is 9.78. The van der Waals surface area contributed by atoms with Crippen molar-refractivity contribution in [2.24, 2.45) is 0 Å².